The molecule has 0 bridgehead atoms. The van der Waals surface area contributed by atoms with Crippen molar-refractivity contribution in [2.24, 2.45) is 5.16 Å². The number of aliphatic hydroxyl groups excluding tert-OH is 1. The van der Waals surface area contributed by atoms with Gasteiger partial charge in [-0.25, -0.2) is 0 Å². The Hall–Kier alpha value is -1.75. The first-order valence-electron chi connectivity index (χ1n) is 6.76. The van der Waals surface area contributed by atoms with Crippen LogP contribution in [0.4, 0.5) is 11.4 Å². The number of rotatable bonds is 7. The van der Waals surface area contributed by atoms with Gasteiger partial charge >= 0.3 is 0 Å². The first-order valence-corrected chi connectivity index (χ1v) is 7.51. The first-order chi connectivity index (χ1) is 10.7. The van der Waals surface area contributed by atoms with Crippen molar-refractivity contribution in [3.8, 4) is 0 Å². The van der Waals surface area contributed by atoms with Crippen molar-refractivity contribution in [3.05, 3.63) is 58.1 Å². The average Bonchev–Trinajstić information content (AvgIpc) is 2.52. The minimum Gasteiger partial charge on any atom is -0.394 e. The molecule has 0 atom stereocenters. The zero-order valence-electron chi connectivity index (χ0n) is 11.8. The van der Waals surface area contributed by atoms with Gasteiger partial charge in [0.05, 0.1) is 22.3 Å². The molecular weight excluding hydrogens is 323 g/mol. The number of anilines is 2. The molecule has 116 valence electrons. The molecule has 0 aromatic heterocycles. The van der Waals surface area contributed by atoms with Crippen LogP contribution in [0.3, 0.4) is 0 Å². The van der Waals surface area contributed by atoms with Gasteiger partial charge in [0, 0.05) is 18.3 Å². The Morgan fingerprint density at radius 1 is 1.09 bits per heavy atom. The minimum absolute atomic E-state index is 0.0551. The van der Waals surface area contributed by atoms with Crippen LogP contribution in [0.25, 0.3) is 0 Å². The Morgan fingerprint density at radius 3 is 2.55 bits per heavy atom. The summed E-state index contributed by atoms with van der Waals surface area (Å²) < 4.78 is 0. The lowest BCUT2D eigenvalue weighted by Crippen LogP contribution is -1.99. The van der Waals surface area contributed by atoms with Crippen molar-refractivity contribution in [3.63, 3.8) is 0 Å². The highest BCUT2D eigenvalue weighted by atomic mass is 35.5. The smallest absolute Gasteiger partial charge is 0.140 e. The van der Waals surface area contributed by atoms with Crippen LogP contribution in [0, 0.1) is 0 Å². The molecule has 0 saturated carbocycles. The van der Waals surface area contributed by atoms with Gasteiger partial charge in [0.2, 0.25) is 0 Å². The lowest BCUT2D eigenvalue weighted by molar-refractivity contribution is 0.0994. The molecule has 2 aromatic carbocycles. The van der Waals surface area contributed by atoms with E-state index in [2.05, 4.69) is 10.5 Å². The lowest BCUT2D eigenvalue weighted by atomic mass is 10.1. The minimum atomic E-state index is -0.0551. The monoisotopic (exact) mass is 338 g/mol. The van der Waals surface area contributed by atoms with Crippen LogP contribution in [-0.2, 0) is 11.3 Å². The fourth-order valence-electron chi connectivity index (χ4n) is 1.85. The number of hydrogen-bond acceptors (Lipinski definition) is 4. The lowest BCUT2D eigenvalue weighted by Gasteiger charge is -2.13. The molecular formula is C16H16Cl2N2O2. The predicted molar refractivity (Wildman–Crippen MR) is 91.4 cm³/mol. The third kappa shape index (κ3) is 4.63. The molecule has 2 rings (SSSR count). The molecule has 0 aliphatic rings. The van der Waals surface area contributed by atoms with E-state index in [1.165, 1.54) is 0 Å². The van der Waals surface area contributed by atoms with Gasteiger partial charge in [-0.1, -0.05) is 52.6 Å². The molecule has 4 nitrogen and oxygen atoms in total. The number of nitrogens with zero attached hydrogens (tertiary/aromatic N) is 1. The molecule has 0 radical (unpaired) electrons. The number of halogens is 2. The van der Waals surface area contributed by atoms with Gasteiger partial charge in [-0.05, 0) is 23.8 Å². The van der Waals surface area contributed by atoms with Crippen LogP contribution in [0.2, 0.25) is 10.0 Å². The Kier molecular flexibility index (Phi) is 6.52. The molecule has 0 heterocycles. The standard InChI is InChI=1S/C16H16Cl2N2O2/c17-13-5-3-6-14(18)16(13)20-15-7-2-1-4-12(15)8-9-19-22-11-10-21/h1-7,9,20-21H,8,10-11H2. The molecule has 0 aliphatic heterocycles. The zero-order chi connectivity index (χ0) is 15.8. The topological polar surface area (TPSA) is 53.9 Å². The fraction of sp³-hybridized carbons (Fsp3) is 0.188. The van der Waals surface area contributed by atoms with Gasteiger partial charge in [0.15, 0.2) is 0 Å². The summed E-state index contributed by atoms with van der Waals surface area (Å²) in [5, 5.41) is 16.8. The SMILES string of the molecule is OCCON=CCc1ccccc1Nc1c(Cl)cccc1Cl. The van der Waals surface area contributed by atoms with E-state index in [4.69, 9.17) is 33.1 Å². The van der Waals surface area contributed by atoms with E-state index < -0.39 is 0 Å². The second kappa shape index (κ2) is 8.63. The van der Waals surface area contributed by atoms with E-state index in [9.17, 15) is 0 Å². The number of oxime groups is 1. The third-order valence-electron chi connectivity index (χ3n) is 2.88. The summed E-state index contributed by atoms with van der Waals surface area (Å²) in [5.41, 5.74) is 2.59. The first kappa shape index (κ1) is 16.6. The van der Waals surface area contributed by atoms with E-state index in [-0.39, 0.29) is 13.2 Å². The van der Waals surface area contributed by atoms with E-state index >= 15 is 0 Å². The molecule has 0 aliphatic carbocycles. The van der Waals surface area contributed by atoms with Crippen LogP contribution < -0.4 is 5.32 Å². The number of aliphatic hydroxyl groups is 1. The van der Waals surface area contributed by atoms with E-state index in [0.29, 0.717) is 22.2 Å². The Morgan fingerprint density at radius 2 is 1.82 bits per heavy atom. The molecule has 22 heavy (non-hydrogen) atoms. The summed E-state index contributed by atoms with van der Waals surface area (Å²) in [6, 6.07) is 13.1. The summed E-state index contributed by atoms with van der Waals surface area (Å²) in [6.45, 7) is 0.131. The number of nitrogens with one attached hydrogen (secondary N) is 1. The van der Waals surface area contributed by atoms with Crippen molar-refractivity contribution in [2.45, 2.75) is 6.42 Å². The maximum absolute atomic E-state index is 8.61. The second-order valence-electron chi connectivity index (χ2n) is 4.43. The number of hydrogen-bond donors (Lipinski definition) is 2. The molecule has 0 fully saturated rings. The van der Waals surface area contributed by atoms with Crippen LogP contribution in [-0.4, -0.2) is 24.5 Å². The van der Waals surface area contributed by atoms with E-state index in [1.807, 2.05) is 24.3 Å². The summed E-state index contributed by atoms with van der Waals surface area (Å²) in [4.78, 5) is 4.86. The van der Waals surface area contributed by atoms with E-state index in [1.54, 1.807) is 24.4 Å². The van der Waals surface area contributed by atoms with Crippen molar-refractivity contribution in [1.29, 1.82) is 0 Å². The van der Waals surface area contributed by atoms with Crippen LogP contribution >= 0.6 is 23.2 Å². The number of para-hydroxylation sites is 2. The van der Waals surface area contributed by atoms with E-state index in [0.717, 1.165) is 11.3 Å². The molecule has 0 unspecified atom stereocenters. The average molecular weight is 339 g/mol. The van der Waals surface area contributed by atoms with Crippen LogP contribution in [0.15, 0.2) is 47.6 Å². The van der Waals surface area contributed by atoms with Crippen molar-refractivity contribution >= 4 is 40.8 Å². The van der Waals surface area contributed by atoms with Gasteiger partial charge in [0.25, 0.3) is 0 Å². The maximum Gasteiger partial charge on any atom is 0.140 e. The number of benzene rings is 2. The maximum atomic E-state index is 8.61. The summed E-state index contributed by atoms with van der Waals surface area (Å²) in [7, 11) is 0. The highest BCUT2D eigenvalue weighted by Gasteiger charge is 2.07. The van der Waals surface area contributed by atoms with Crippen molar-refractivity contribution in [1.82, 2.24) is 0 Å². The quantitative estimate of drug-likeness (QED) is 0.450. The zero-order valence-corrected chi connectivity index (χ0v) is 13.3. The molecule has 2 N–H and O–H groups in total. The summed E-state index contributed by atoms with van der Waals surface area (Å²) in [5.74, 6) is 0. The Balaban J connectivity index is 2.13. The fourth-order valence-corrected chi connectivity index (χ4v) is 2.35. The summed E-state index contributed by atoms with van der Waals surface area (Å²) in [6.07, 6.45) is 2.22. The Bertz CT molecular complexity index is 628. The highest BCUT2D eigenvalue weighted by molar-refractivity contribution is 6.39. The molecule has 0 spiro atoms. The predicted octanol–water partition coefficient (Wildman–Crippen LogP) is 4.27. The molecule has 0 saturated heterocycles. The van der Waals surface area contributed by atoms with Crippen molar-refractivity contribution < 1.29 is 9.94 Å². The van der Waals surface area contributed by atoms with Gasteiger partial charge in [-0.2, -0.15) is 0 Å². The normalized spacial score (nSPS) is 10.9. The Labute approximate surface area is 139 Å². The van der Waals surface area contributed by atoms with Gasteiger partial charge in [-0.15, -0.1) is 0 Å². The van der Waals surface area contributed by atoms with Crippen LogP contribution in [0.5, 0.6) is 0 Å². The molecule has 2 aromatic rings. The molecule has 0 amide bonds. The van der Waals surface area contributed by atoms with Gasteiger partial charge in [-0.3, -0.25) is 0 Å². The highest BCUT2D eigenvalue weighted by Crippen LogP contribution is 2.33. The van der Waals surface area contributed by atoms with Crippen LogP contribution in [0.1, 0.15) is 5.56 Å². The van der Waals surface area contributed by atoms with Gasteiger partial charge in [0.1, 0.15) is 6.61 Å². The van der Waals surface area contributed by atoms with Crippen molar-refractivity contribution in [2.75, 3.05) is 18.5 Å². The largest absolute Gasteiger partial charge is 0.394 e. The molecule has 6 heteroatoms. The second-order valence-corrected chi connectivity index (χ2v) is 5.24. The summed E-state index contributed by atoms with van der Waals surface area (Å²) >= 11 is 12.4. The van der Waals surface area contributed by atoms with Gasteiger partial charge < -0.3 is 15.3 Å². The third-order valence-corrected chi connectivity index (χ3v) is 3.51.